The lowest BCUT2D eigenvalue weighted by Crippen LogP contribution is -2.51. The van der Waals surface area contributed by atoms with Crippen LogP contribution in [0.3, 0.4) is 0 Å². The molecule has 0 radical (unpaired) electrons. The fraction of sp³-hybridized carbons (Fsp3) is 0.786. The highest BCUT2D eigenvalue weighted by atomic mass is 16.6. The van der Waals surface area contributed by atoms with E-state index >= 15 is 0 Å². The molecule has 52 heavy (non-hydrogen) atoms. The molecule has 290 valence electrons. The Morgan fingerprint density at radius 1 is 0.885 bits per heavy atom. The molecule has 0 bridgehead atoms. The van der Waals surface area contributed by atoms with E-state index < -0.39 is 9.85 Å². The van der Waals surface area contributed by atoms with E-state index in [2.05, 4.69) is 56.6 Å². The van der Waals surface area contributed by atoms with E-state index in [0.29, 0.717) is 36.4 Å². The Kier molecular flexibility index (Phi) is 13.8. The van der Waals surface area contributed by atoms with Gasteiger partial charge < -0.3 is 16.0 Å². The van der Waals surface area contributed by atoms with Crippen molar-refractivity contribution in [3.8, 4) is 0 Å². The summed E-state index contributed by atoms with van der Waals surface area (Å²) < 4.78 is 0. The Hall–Kier alpha value is -3.01. The van der Waals surface area contributed by atoms with Gasteiger partial charge in [0.2, 0.25) is 5.91 Å². The summed E-state index contributed by atoms with van der Waals surface area (Å²) in [5, 5.41) is 32.1. The molecule has 5 rings (SSSR count). The minimum atomic E-state index is -0.644. The Morgan fingerprint density at radius 3 is 2.44 bits per heavy atom. The highest BCUT2D eigenvalue weighted by Gasteiger charge is 2.59. The monoisotopic (exact) mass is 722 g/mol. The van der Waals surface area contributed by atoms with E-state index in [1.54, 1.807) is 5.57 Å². The minimum Gasteiger partial charge on any atom is -0.379 e. The number of carbonyl (C=O) groups is 1. The summed E-state index contributed by atoms with van der Waals surface area (Å²) in [4.78, 5) is 33.4. The quantitative estimate of drug-likeness (QED) is 0.0559. The average Bonchev–Trinajstić information content (AvgIpc) is 3.46. The Morgan fingerprint density at radius 2 is 1.69 bits per heavy atom. The smallest absolute Gasteiger partial charge is 0.299 e. The van der Waals surface area contributed by atoms with Crippen LogP contribution in [0.1, 0.15) is 137 Å². The molecule has 0 aliphatic heterocycles. The first-order valence-corrected chi connectivity index (χ1v) is 20.7. The van der Waals surface area contributed by atoms with Crippen LogP contribution in [0.5, 0.6) is 0 Å². The van der Waals surface area contributed by atoms with Crippen LogP contribution in [0.15, 0.2) is 29.8 Å². The van der Waals surface area contributed by atoms with Crippen LogP contribution in [0.4, 0.5) is 17.1 Å². The molecule has 3 fully saturated rings. The SMILES string of the molecule is CC(C)CCC[C@@H](C)[C@H]1CCC2C3CC=C4C[C@@H](NCCCNC(=O)CCCCCNc5ccc([N+](=O)[O-])cc5[N+](=O)[O-])CC[C@]4(C)C3CC[C@@]21C. The van der Waals surface area contributed by atoms with E-state index in [1.165, 1.54) is 82.8 Å². The molecule has 3 unspecified atom stereocenters. The maximum Gasteiger partial charge on any atom is 0.299 e. The number of nitrogens with one attached hydrogen (secondary N) is 3. The van der Waals surface area contributed by atoms with Crippen molar-refractivity contribution < 1.29 is 14.6 Å². The number of carbonyl (C=O) groups excluding carboxylic acids is 1. The number of non-ortho nitro benzene ring substituents is 1. The Bertz CT molecular complexity index is 1430. The van der Waals surface area contributed by atoms with Gasteiger partial charge in [0.1, 0.15) is 5.69 Å². The Labute approximate surface area is 312 Å². The first kappa shape index (κ1) is 40.2. The molecule has 0 saturated heterocycles. The summed E-state index contributed by atoms with van der Waals surface area (Å²) in [6.45, 7) is 14.7. The number of fused-ring (bicyclic) bond motifs is 5. The summed E-state index contributed by atoms with van der Waals surface area (Å²) in [6.07, 6.45) is 21.3. The van der Waals surface area contributed by atoms with E-state index in [9.17, 15) is 25.0 Å². The summed E-state index contributed by atoms with van der Waals surface area (Å²) in [7, 11) is 0. The number of hydrogen-bond acceptors (Lipinski definition) is 7. The van der Waals surface area contributed by atoms with Gasteiger partial charge in [0, 0.05) is 31.6 Å². The lowest BCUT2D eigenvalue weighted by Gasteiger charge is -2.58. The molecular formula is C42H67N5O5. The third-order valence-electron chi connectivity index (χ3n) is 14.2. The van der Waals surface area contributed by atoms with E-state index in [4.69, 9.17) is 0 Å². The minimum absolute atomic E-state index is 0.0621. The number of unbranched alkanes of at least 4 members (excludes halogenated alkanes) is 2. The molecule has 0 heterocycles. The number of nitro benzene ring substituents is 2. The van der Waals surface area contributed by atoms with Crippen LogP contribution in [-0.2, 0) is 4.79 Å². The average molecular weight is 722 g/mol. The van der Waals surface area contributed by atoms with Gasteiger partial charge in [-0.1, -0.05) is 72.0 Å². The fourth-order valence-electron chi connectivity index (χ4n) is 11.3. The Balaban J connectivity index is 0.965. The van der Waals surface area contributed by atoms with Crippen LogP contribution in [0.25, 0.3) is 0 Å². The van der Waals surface area contributed by atoms with Crippen molar-refractivity contribution in [2.45, 2.75) is 143 Å². The topological polar surface area (TPSA) is 139 Å². The maximum atomic E-state index is 12.4. The molecule has 1 aromatic carbocycles. The molecule has 0 spiro atoms. The van der Waals surface area contributed by atoms with Crippen molar-refractivity contribution >= 4 is 23.0 Å². The predicted molar refractivity (Wildman–Crippen MR) is 209 cm³/mol. The molecular weight excluding hydrogens is 654 g/mol. The molecule has 10 nitrogen and oxygen atoms in total. The molecule has 4 aliphatic rings. The summed E-state index contributed by atoms with van der Waals surface area (Å²) in [6, 6.07) is 4.13. The largest absolute Gasteiger partial charge is 0.379 e. The van der Waals surface area contributed by atoms with E-state index in [-0.39, 0.29) is 23.0 Å². The second-order valence-electron chi connectivity index (χ2n) is 17.8. The van der Waals surface area contributed by atoms with Crippen molar-refractivity contribution in [2.24, 2.45) is 46.3 Å². The lowest BCUT2D eigenvalue weighted by molar-refractivity contribution is -0.393. The van der Waals surface area contributed by atoms with Crippen molar-refractivity contribution in [3.63, 3.8) is 0 Å². The van der Waals surface area contributed by atoms with E-state index in [1.807, 2.05) is 0 Å². The molecule has 1 amide bonds. The third kappa shape index (κ3) is 9.37. The van der Waals surface area contributed by atoms with Crippen LogP contribution in [-0.4, -0.2) is 41.4 Å². The van der Waals surface area contributed by atoms with Crippen molar-refractivity contribution in [1.29, 1.82) is 0 Å². The number of hydrogen-bond donors (Lipinski definition) is 3. The number of anilines is 1. The van der Waals surface area contributed by atoms with Gasteiger partial charge in [-0.15, -0.1) is 0 Å². The van der Waals surface area contributed by atoms with Crippen molar-refractivity contribution in [2.75, 3.05) is 25.0 Å². The van der Waals surface area contributed by atoms with Gasteiger partial charge in [0.15, 0.2) is 0 Å². The molecule has 3 saturated carbocycles. The van der Waals surface area contributed by atoms with Gasteiger partial charge in [-0.2, -0.15) is 0 Å². The molecule has 8 atom stereocenters. The van der Waals surface area contributed by atoms with Crippen LogP contribution in [0.2, 0.25) is 0 Å². The first-order chi connectivity index (χ1) is 24.8. The summed E-state index contributed by atoms with van der Waals surface area (Å²) in [5.74, 6) is 5.28. The van der Waals surface area contributed by atoms with Crippen molar-refractivity contribution in [3.05, 3.63) is 50.1 Å². The number of amides is 1. The number of allylic oxidation sites excluding steroid dienone is 1. The number of nitrogens with zero attached hydrogens (tertiary/aromatic N) is 2. The predicted octanol–water partition coefficient (Wildman–Crippen LogP) is 9.98. The maximum absolute atomic E-state index is 12.4. The van der Waals surface area contributed by atoms with Crippen molar-refractivity contribution in [1.82, 2.24) is 10.6 Å². The van der Waals surface area contributed by atoms with Gasteiger partial charge in [-0.05, 0) is 130 Å². The first-order valence-electron chi connectivity index (χ1n) is 20.7. The second kappa shape index (κ2) is 17.9. The lowest BCUT2D eigenvalue weighted by atomic mass is 9.47. The standard InChI is InChI=1S/C42H67N5O5/c1-29(2)11-9-12-30(3)35-17-18-36-34-16-14-31-27-32(20-22-41(31,4)37(34)21-23-42(35,36)5)43-25-10-26-45-40(48)13-7-6-8-24-44-38-19-15-33(46(49)50)28-39(38)47(51)52/h14-15,19,28-30,32,34-37,43-44H,6-13,16-18,20-27H2,1-5H3,(H,45,48)/t30-,32+,34?,35-,36?,37?,41+,42-/m1/s1. The highest BCUT2D eigenvalue weighted by molar-refractivity contribution is 5.75. The molecule has 1 aromatic rings. The molecule has 4 aliphatic carbocycles. The highest BCUT2D eigenvalue weighted by Crippen LogP contribution is 2.67. The normalized spacial score (nSPS) is 30.1. The van der Waals surface area contributed by atoms with Crippen LogP contribution in [0, 0.1) is 66.6 Å². The van der Waals surface area contributed by atoms with Crippen LogP contribution < -0.4 is 16.0 Å². The van der Waals surface area contributed by atoms with Gasteiger partial charge >= 0.3 is 0 Å². The second-order valence-corrected chi connectivity index (χ2v) is 17.8. The zero-order valence-corrected chi connectivity index (χ0v) is 32.7. The van der Waals surface area contributed by atoms with Gasteiger partial charge in [0.05, 0.1) is 15.9 Å². The van der Waals surface area contributed by atoms with Gasteiger partial charge in [-0.3, -0.25) is 25.0 Å². The number of benzene rings is 1. The zero-order valence-electron chi connectivity index (χ0n) is 32.7. The molecule has 3 N–H and O–H groups in total. The summed E-state index contributed by atoms with van der Waals surface area (Å²) in [5.41, 5.74) is 2.29. The zero-order chi connectivity index (χ0) is 37.5. The number of rotatable bonds is 19. The van der Waals surface area contributed by atoms with Gasteiger partial charge in [0.25, 0.3) is 11.4 Å². The fourth-order valence-corrected chi connectivity index (χ4v) is 11.3. The number of nitro groups is 2. The van der Waals surface area contributed by atoms with Crippen LogP contribution >= 0.6 is 0 Å². The third-order valence-corrected chi connectivity index (χ3v) is 14.2. The molecule has 10 heteroatoms. The summed E-state index contributed by atoms with van der Waals surface area (Å²) >= 11 is 0. The van der Waals surface area contributed by atoms with E-state index in [0.717, 1.165) is 73.8 Å². The molecule has 0 aromatic heterocycles. The van der Waals surface area contributed by atoms with Gasteiger partial charge in [-0.25, -0.2) is 0 Å².